The number of halogens is 3. The summed E-state index contributed by atoms with van der Waals surface area (Å²) < 4.78 is 46.4. The fraction of sp³-hybridized carbons (Fsp3) is 0.409. The normalized spacial score (nSPS) is 15.4. The maximum absolute atomic E-state index is 13.7. The van der Waals surface area contributed by atoms with Crippen LogP contribution in [-0.4, -0.2) is 32.2 Å². The van der Waals surface area contributed by atoms with Crippen LogP contribution in [0.25, 0.3) is 0 Å². The molecule has 1 amide bonds. The van der Waals surface area contributed by atoms with Gasteiger partial charge in [0.25, 0.3) is 0 Å². The molecule has 1 saturated heterocycles. The van der Waals surface area contributed by atoms with Crippen molar-refractivity contribution in [3.05, 3.63) is 59.2 Å². The predicted octanol–water partition coefficient (Wildman–Crippen LogP) is 4.81. The molecule has 1 N–H and O–H groups in total. The molecule has 4 nitrogen and oxygen atoms in total. The SMILES string of the molecule is COC1CCN(c2ccc(NC(=O)Cc3cccc(C)c3)cc2C(F)(F)F)CC1. The van der Waals surface area contributed by atoms with Crippen LogP contribution in [-0.2, 0) is 22.1 Å². The second-order valence-corrected chi connectivity index (χ2v) is 7.37. The zero-order chi connectivity index (χ0) is 21.0. The van der Waals surface area contributed by atoms with E-state index in [4.69, 9.17) is 4.74 Å². The summed E-state index contributed by atoms with van der Waals surface area (Å²) in [7, 11) is 1.62. The molecule has 0 atom stereocenters. The number of hydrogen-bond acceptors (Lipinski definition) is 3. The molecule has 1 aliphatic rings. The molecule has 29 heavy (non-hydrogen) atoms. The number of methoxy groups -OCH3 is 1. The van der Waals surface area contributed by atoms with Gasteiger partial charge in [0.15, 0.2) is 0 Å². The lowest BCUT2D eigenvalue weighted by Gasteiger charge is -2.34. The molecule has 0 saturated carbocycles. The highest BCUT2D eigenvalue weighted by Crippen LogP contribution is 2.39. The summed E-state index contributed by atoms with van der Waals surface area (Å²) in [6.07, 6.45) is -2.95. The summed E-state index contributed by atoms with van der Waals surface area (Å²) in [6.45, 7) is 2.92. The summed E-state index contributed by atoms with van der Waals surface area (Å²) in [4.78, 5) is 14.0. The van der Waals surface area contributed by atoms with E-state index in [0.29, 0.717) is 25.9 Å². The molecule has 3 rings (SSSR count). The van der Waals surface area contributed by atoms with Crippen molar-refractivity contribution in [2.45, 2.75) is 38.5 Å². The van der Waals surface area contributed by atoms with Gasteiger partial charge in [0.1, 0.15) is 0 Å². The maximum Gasteiger partial charge on any atom is 0.418 e. The van der Waals surface area contributed by atoms with E-state index in [1.54, 1.807) is 12.0 Å². The van der Waals surface area contributed by atoms with E-state index in [-0.39, 0.29) is 29.8 Å². The molecular weight excluding hydrogens is 381 g/mol. The van der Waals surface area contributed by atoms with Crippen molar-refractivity contribution in [2.75, 3.05) is 30.4 Å². The first-order chi connectivity index (χ1) is 13.8. The molecule has 2 aromatic carbocycles. The largest absolute Gasteiger partial charge is 0.418 e. The second kappa shape index (κ2) is 8.86. The van der Waals surface area contributed by atoms with Crippen LogP contribution in [0.2, 0.25) is 0 Å². The van der Waals surface area contributed by atoms with E-state index < -0.39 is 11.7 Å². The predicted molar refractivity (Wildman–Crippen MR) is 107 cm³/mol. The van der Waals surface area contributed by atoms with Crippen LogP contribution in [0.1, 0.15) is 29.5 Å². The zero-order valence-corrected chi connectivity index (χ0v) is 16.6. The summed E-state index contributed by atoms with van der Waals surface area (Å²) in [5.74, 6) is -0.350. The lowest BCUT2D eigenvalue weighted by atomic mass is 10.0. The maximum atomic E-state index is 13.7. The molecule has 0 spiro atoms. The van der Waals surface area contributed by atoms with Gasteiger partial charge in [-0.25, -0.2) is 0 Å². The Bertz CT molecular complexity index is 859. The Balaban J connectivity index is 1.76. The molecule has 0 unspecified atom stereocenters. The topological polar surface area (TPSA) is 41.6 Å². The number of carbonyl (C=O) groups excluding carboxylic acids is 1. The van der Waals surface area contributed by atoms with E-state index in [9.17, 15) is 18.0 Å². The van der Waals surface area contributed by atoms with Gasteiger partial charge in [-0.2, -0.15) is 13.2 Å². The first-order valence-electron chi connectivity index (χ1n) is 9.60. The zero-order valence-electron chi connectivity index (χ0n) is 16.6. The number of aryl methyl sites for hydroxylation is 1. The van der Waals surface area contributed by atoms with Crippen molar-refractivity contribution in [1.29, 1.82) is 0 Å². The van der Waals surface area contributed by atoms with Crippen molar-refractivity contribution >= 4 is 17.3 Å². The minimum Gasteiger partial charge on any atom is -0.381 e. The molecular formula is C22H25F3N2O2. The molecule has 7 heteroatoms. The van der Waals surface area contributed by atoms with Gasteiger partial charge in [0.2, 0.25) is 5.91 Å². The monoisotopic (exact) mass is 406 g/mol. The van der Waals surface area contributed by atoms with Crippen molar-refractivity contribution in [3.63, 3.8) is 0 Å². The third-order valence-corrected chi connectivity index (χ3v) is 5.15. The molecule has 2 aromatic rings. The summed E-state index contributed by atoms with van der Waals surface area (Å²) in [5, 5.41) is 2.59. The van der Waals surface area contributed by atoms with Gasteiger partial charge in [0, 0.05) is 31.6 Å². The lowest BCUT2D eigenvalue weighted by Crippen LogP contribution is -2.37. The van der Waals surface area contributed by atoms with Gasteiger partial charge < -0.3 is 15.0 Å². The van der Waals surface area contributed by atoms with Gasteiger partial charge in [-0.1, -0.05) is 29.8 Å². The Morgan fingerprint density at radius 1 is 1.17 bits per heavy atom. The minimum absolute atomic E-state index is 0.0840. The van der Waals surface area contributed by atoms with Gasteiger partial charge in [0.05, 0.1) is 18.1 Å². The number of carbonyl (C=O) groups is 1. The van der Waals surface area contributed by atoms with Crippen molar-refractivity contribution in [2.24, 2.45) is 0 Å². The summed E-state index contributed by atoms with van der Waals surface area (Å²) >= 11 is 0. The van der Waals surface area contributed by atoms with Crippen molar-refractivity contribution in [3.8, 4) is 0 Å². The number of hydrogen-bond donors (Lipinski definition) is 1. The molecule has 0 bridgehead atoms. The Morgan fingerprint density at radius 2 is 1.90 bits per heavy atom. The first-order valence-corrected chi connectivity index (χ1v) is 9.60. The van der Waals surface area contributed by atoms with Crippen LogP contribution >= 0.6 is 0 Å². The van der Waals surface area contributed by atoms with Crippen LogP contribution in [0.4, 0.5) is 24.5 Å². The quantitative estimate of drug-likeness (QED) is 0.775. The minimum atomic E-state index is -4.51. The average molecular weight is 406 g/mol. The van der Waals surface area contributed by atoms with E-state index in [1.165, 1.54) is 12.1 Å². The standard InChI is InChI=1S/C22H25F3N2O2/c1-15-4-3-5-16(12-15)13-21(28)26-17-6-7-20(19(14-17)22(23,24)25)27-10-8-18(29-2)9-11-27/h3-7,12,14,18H,8-11,13H2,1-2H3,(H,26,28). The molecule has 1 heterocycles. The first kappa shape index (κ1) is 21.2. The van der Waals surface area contributed by atoms with Crippen LogP contribution in [0.3, 0.4) is 0 Å². The molecule has 1 aliphatic heterocycles. The molecule has 1 fully saturated rings. The highest BCUT2D eigenvalue weighted by atomic mass is 19.4. The number of piperidine rings is 1. The number of anilines is 2. The fourth-order valence-corrected chi connectivity index (χ4v) is 3.66. The Labute approximate surface area is 168 Å². The molecule has 0 radical (unpaired) electrons. The fourth-order valence-electron chi connectivity index (χ4n) is 3.66. The van der Waals surface area contributed by atoms with E-state index in [1.807, 2.05) is 31.2 Å². The van der Waals surface area contributed by atoms with Crippen LogP contribution in [0.15, 0.2) is 42.5 Å². The smallest absolute Gasteiger partial charge is 0.381 e. The number of nitrogens with zero attached hydrogens (tertiary/aromatic N) is 1. The molecule has 0 aliphatic carbocycles. The van der Waals surface area contributed by atoms with Crippen molar-refractivity contribution in [1.82, 2.24) is 0 Å². The Kier molecular flexibility index (Phi) is 6.47. The highest BCUT2D eigenvalue weighted by Gasteiger charge is 2.36. The van der Waals surface area contributed by atoms with E-state index >= 15 is 0 Å². The summed E-state index contributed by atoms with van der Waals surface area (Å²) in [6, 6.07) is 11.5. The van der Waals surface area contributed by atoms with Gasteiger partial charge >= 0.3 is 6.18 Å². The Hall–Kier alpha value is -2.54. The number of rotatable bonds is 5. The molecule has 0 aromatic heterocycles. The lowest BCUT2D eigenvalue weighted by molar-refractivity contribution is -0.137. The van der Waals surface area contributed by atoms with E-state index in [0.717, 1.165) is 17.2 Å². The van der Waals surface area contributed by atoms with E-state index in [2.05, 4.69) is 5.32 Å². The third-order valence-electron chi connectivity index (χ3n) is 5.15. The highest BCUT2D eigenvalue weighted by molar-refractivity contribution is 5.92. The van der Waals surface area contributed by atoms with Gasteiger partial charge in [-0.15, -0.1) is 0 Å². The number of benzene rings is 2. The number of amides is 1. The number of ether oxygens (including phenoxy) is 1. The molecule has 156 valence electrons. The Morgan fingerprint density at radius 3 is 2.52 bits per heavy atom. The van der Waals surface area contributed by atoms with Crippen molar-refractivity contribution < 1.29 is 22.7 Å². The average Bonchev–Trinajstić information content (AvgIpc) is 2.67. The van der Waals surface area contributed by atoms with Gasteiger partial charge in [-0.05, 0) is 43.5 Å². The van der Waals surface area contributed by atoms with Crippen LogP contribution in [0, 0.1) is 6.92 Å². The number of nitrogens with one attached hydrogen (secondary N) is 1. The number of alkyl halides is 3. The van der Waals surface area contributed by atoms with Gasteiger partial charge in [-0.3, -0.25) is 4.79 Å². The summed E-state index contributed by atoms with van der Waals surface area (Å²) in [5.41, 5.74) is 1.39. The van der Waals surface area contributed by atoms with Crippen LogP contribution < -0.4 is 10.2 Å². The second-order valence-electron chi connectivity index (χ2n) is 7.37. The third kappa shape index (κ3) is 5.50. The van der Waals surface area contributed by atoms with Crippen LogP contribution in [0.5, 0.6) is 0 Å².